The highest BCUT2D eigenvalue weighted by Crippen LogP contribution is 2.33. The maximum Gasteiger partial charge on any atom is 0.411 e. The fraction of sp³-hybridized carbons (Fsp3) is 0.333. The molecule has 1 fully saturated rings. The van der Waals surface area contributed by atoms with Crippen molar-refractivity contribution in [2.75, 3.05) is 63.2 Å². The number of sulfonamides is 1. The van der Waals surface area contributed by atoms with Crippen molar-refractivity contribution in [1.29, 1.82) is 0 Å². The Morgan fingerprint density at radius 1 is 0.969 bits per heavy atom. The van der Waals surface area contributed by atoms with Gasteiger partial charge < -0.3 is 30.8 Å². The van der Waals surface area contributed by atoms with Crippen LogP contribution in [0, 0.1) is 12.7 Å². The van der Waals surface area contributed by atoms with Crippen LogP contribution in [-0.4, -0.2) is 114 Å². The highest BCUT2D eigenvalue weighted by molar-refractivity contribution is 7.89. The van der Waals surface area contributed by atoms with Crippen LogP contribution in [-0.2, 0) is 27.7 Å². The molecule has 0 aliphatic carbocycles. The Bertz CT molecular complexity index is 2980. The minimum atomic E-state index is -3.71. The first kappa shape index (κ1) is 45.0. The smallest absolute Gasteiger partial charge is 0.411 e. The van der Waals surface area contributed by atoms with Gasteiger partial charge in [0.15, 0.2) is 34.4 Å². The molecule has 8 rings (SSSR count). The molecule has 20 nitrogen and oxygen atoms in total. The number of nitrogens with two attached hydrogens (primary N) is 2. The van der Waals surface area contributed by atoms with E-state index in [1.807, 2.05) is 13.8 Å². The topological polar surface area (TPSA) is 260 Å². The first-order chi connectivity index (χ1) is 30.8. The van der Waals surface area contributed by atoms with Crippen LogP contribution in [0.15, 0.2) is 70.5 Å². The van der Waals surface area contributed by atoms with E-state index in [0.29, 0.717) is 89.8 Å². The number of piperazine rings is 1. The summed E-state index contributed by atoms with van der Waals surface area (Å²) in [5.41, 5.74) is 14.4. The van der Waals surface area contributed by atoms with E-state index >= 15 is 0 Å². The number of aromatic amines is 1. The third-order valence-corrected chi connectivity index (χ3v) is 12.4. The number of ether oxygens (including phenoxy) is 2. The number of hydrogen-bond acceptors (Lipinski definition) is 15. The van der Waals surface area contributed by atoms with Crippen LogP contribution in [0.2, 0.25) is 0 Å². The van der Waals surface area contributed by atoms with Gasteiger partial charge in [0.05, 0.1) is 41.8 Å². The van der Waals surface area contributed by atoms with E-state index in [1.54, 1.807) is 70.8 Å². The lowest BCUT2D eigenvalue weighted by atomic mass is 10.2. The molecule has 0 spiro atoms. The molecule has 1 saturated heterocycles. The molecule has 64 heavy (non-hydrogen) atoms. The number of anilines is 3. The highest BCUT2D eigenvalue weighted by Gasteiger charge is 2.30. The summed E-state index contributed by atoms with van der Waals surface area (Å²) < 4.78 is 55.9. The third-order valence-electron chi connectivity index (χ3n) is 10.5. The zero-order valence-corrected chi connectivity index (χ0v) is 36.8. The van der Waals surface area contributed by atoms with Crippen LogP contribution in [0.25, 0.3) is 39.5 Å². The number of aryl methyl sites for hydroxylation is 2. The summed E-state index contributed by atoms with van der Waals surface area (Å²) >= 11 is 0. The molecule has 6 N–H and O–H groups in total. The number of benzene rings is 2. The normalized spacial score (nSPS) is 13.5. The zero-order valence-electron chi connectivity index (χ0n) is 36.0. The van der Waals surface area contributed by atoms with Crippen LogP contribution in [0.5, 0.6) is 5.75 Å². The standard InChI is InChI=1S/C23H32N6O4S.C19H17FN8O2/c1-5-8-20-24-16(4)21-23(30)25-22(26-29(20)21)18-15-17(9-10-19(18)33-7-3)34(31,32)28-13-11-27(6-2)12-14-28;1-30-19(29)24-14-15(21)25-17(26-16(14)22)13-11-6-4-8-23-18(11)28(27-13)9-10-5-2-3-7-12(10)20/h9-10,15H,5-8,11-14H2,1-4H3,(H,25,26,30);2-8H,9H2,1H3,(H,24,29)(H4,21,22,25,26). The lowest BCUT2D eigenvalue weighted by Crippen LogP contribution is -2.48. The number of H-pyrrole nitrogens is 1. The number of amides is 1. The molecule has 7 aromatic rings. The van der Waals surface area contributed by atoms with Gasteiger partial charge in [0.1, 0.15) is 28.8 Å². The van der Waals surface area contributed by atoms with Crippen molar-refractivity contribution in [3.05, 3.63) is 94.0 Å². The van der Waals surface area contributed by atoms with Crippen molar-refractivity contribution in [2.45, 2.75) is 52.0 Å². The summed E-state index contributed by atoms with van der Waals surface area (Å²) in [5.74, 6) is 1.08. The fourth-order valence-electron chi connectivity index (χ4n) is 7.27. The van der Waals surface area contributed by atoms with Gasteiger partial charge in [0, 0.05) is 44.4 Å². The second-order valence-electron chi connectivity index (χ2n) is 14.6. The molecule has 0 unspecified atom stereocenters. The first-order valence-electron chi connectivity index (χ1n) is 20.6. The van der Waals surface area contributed by atoms with Crippen molar-refractivity contribution in [3.8, 4) is 28.7 Å². The van der Waals surface area contributed by atoms with E-state index in [-0.39, 0.29) is 51.8 Å². The summed E-state index contributed by atoms with van der Waals surface area (Å²) in [6.07, 6.45) is 2.37. The third kappa shape index (κ3) is 9.19. The number of nitrogen functional groups attached to an aromatic ring is 2. The van der Waals surface area contributed by atoms with Gasteiger partial charge in [0.2, 0.25) is 10.0 Å². The maximum atomic E-state index is 14.1. The second kappa shape index (κ2) is 19.1. The summed E-state index contributed by atoms with van der Waals surface area (Å²) in [4.78, 5) is 46.9. The van der Waals surface area contributed by atoms with Crippen molar-refractivity contribution in [3.63, 3.8) is 0 Å². The number of methoxy groups -OCH3 is 1. The predicted octanol–water partition coefficient (Wildman–Crippen LogP) is 4.49. The summed E-state index contributed by atoms with van der Waals surface area (Å²) in [5, 5.41) is 12.2. The van der Waals surface area contributed by atoms with Crippen LogP contribution in [0.3, 0.4) is 0 Å². The Morgan fingerprint density at radius 3 is 2.38 bits per heavy atom. The number of carbonyl (C=O) groups is 1. The number of pyridine rings is 1. The molecule has 336 valence electrons. The largest absolute Gasteiger partial charge is 0.493 e. The van der Waals surface area contributed by atoms with E-state index in [1.165, 1.54) is 17.5 Å². The summed E-state index contributed by atoms with van der Waals surface area (Å²) in [6.45, 7) is 11.5. The van der Waals surface area contributed by atoms with Gasteiger partial charge >= 0.3 is 6.09 Å². The molecule has 6 heterocycles. The van der Waals surface area contributed by atoms with Crippen molar-refractivity contribution >= 4 is 50.0 Å². The van der Waals surface area contributed by atoms with Gasteiger partial charge in [-0.3, -0.25) is 10.1 Å². The molecule has 1 aliphatic rings. The predicted molar refractivity (Wildman–Crippen MR) is 239 cm³/mol. The van der Waals surface area contributed by atoms with Gasteiger partial charge in [-0.1, -0.05) is 32.0 Å². The lowest BCUT2D eigenvalue weighted by Gasteiger charge is -2.33. The number of imidazole rings is 1. The average Bonchev–Trinajstić information content (AvgIpc) is 3.82. The molecular weight excluding hydrogens is 848 g/mol. The number of carbonyl (C=O) groups excluding carboxylic acids is 1. The van der Waals surface area contributed by atoms with E-state index in [4.69, 9.17) is 16.2 Å². The number of fused-ring (bicyclic) bond motifs is 2. The molecule has 0 bridgehead atoms. The van der Waals surface area contributed by atoms with Gasteiger partial charge in [-0.2, -0.15) is 9.40 Å². The Kier molecular flexibility index (Phi) is 13.5. The van der Waals surface area contributed by atoms with E-state index in [9.17, 15) is 22.4 Å². The molecule has 22 heteroatoms. The van der Waals surface area contributed by atoms with E-state index in [2.05, 4.69) is 57.0 Å². The van der Waals surface area contributed by atoms with Crippen molar-refractivity contribution < 1.29 is 27.1 Å². The van der Waals surface area contributed by atoms with Crippen LogP contribution >= 0.6 is 0 Å². The molecule has 1 amide bonds. The number of hydrogen-bond donors (Lipinski definition) is 4. The fourth-order valence-corrected chi connectivity index (χ4v) is 8.72. The Balaban J connectivity index is 0.000000193. The molecule has 5 aromatic heterocycles. The second-order valence-corrected chi connectivity index (χ2v) is 16.6. The highest BCUT2D eigenvalue weighted by atomic mass is 32.2. The van der Waals surface area contributed by atoms with Gasteiger partial charge in [-0.25, -0.2) is 46.7 Å². The van der Waals surface area contributed by atoms with Crippen LogP contribution < -0.4 is 27.1 Å². The van der Waals surface area contributed by atoms with Gasteiger partial charge in [0.25, 0.3) is 5.56 Å². The SMILES string of the molecule is CCCc1nc(C)c2c(=O)[nH]c(-c3cc(S(=O)(=O)N4CCN(CC)CC4)ccc3OCC)nn12.COC(=O)Nc1c(N)nc(-c2nn(Cc3ccccc3F)c3ncccc23)nc1N. The van der Waals surface area contributed by atoms with Crippen molar-refractivity contribution in [2.24, 2.45) is 0 Å². The number of nitrogens with one attached hydrogen (secondary N) is 2. The monoisotopic (exact) mass is 896 g/mol. The number of aromatic nitrogens is 9. The quantitative estimate of drug-likeness (QED) is 0.132. The number of likely N-dealkylation sites (N-methyl/N-ethyl adjacent to an activating group) is 1. The Hall–Kier alpha value is -7.04. The average molecular weight is 897 g/mol. The summed E-state index contributed by atoms with van der Waals surface area (Å²) in [7, 11) is -2.50. The summed E-state index contributed by atoms with van der Waals surface area (Å²) in [6, 6.07) is 14.7. The minimum absolute atomic E-state index is 0.0406. The van der Waals surface area contributed by atoms with E-state index < -0.39 is 16.1 Å². The molecule has 0 radical (unpaired) electrons. The molecule has 1 aliphatic heterocycles. The molecule has 2 aromatic carbocycles. The lowest BCUT2D eigenvalue weighted by molar-refractivity contribution is 0.187. The molecule has 0 atom stereocenters. The van der Waals surface area contributed by atoms with Crippen molar-refractivity contribution in [1.82, 2.24) is 53.5 Å². The first-order valence-corrected chi connectivity index (χ1v) is 22.0. The number of nitrogens with zero attached hydrogens (tertiary/aromatic N) is 10. The molecule has 0 saturated carbocycles. The van der Waals surface area contributed by atoms with E-state index in [0.717, 1.165) is 13.0 Å². The minimum Gasteiger partial charge on any atom is -0.493 e. The maximum absolute atomic E-state index is 14.1. The molecular formula is C42H49FN14O6S. The number of halogens is 1. The number of rotatable bonds is 12. The zero-order chi connectivity index (χ0) is 45.7. The van der Waals surface area contributed by atoms with Crippen LogP contribution in [0.4, 0.5) is 26.5 Å². The van der Waals surface area contributed by atoms with Crippen LogP contribution in [0.1, 0.15) is 44.3 Å². The van der Waals surface area contributed by atoms with Gasteiger partial charge in [-0.15, -0.1) is 5.10 Å². The van der Waals surface area contributed by atoms with Gasteiger partial charge in [-0.05, 0) is 63.2 Å². The Morgan fingerprint density at radius 2 is 1.70 bits per heavy atom. The Labute approximate surface area is 367 Å².